The number of nitrogens with zero attached hydrogens (tertiary/aromatic N) is 1. The Morgan fingerprint density at radius 1 is 1.57 bits per heavy atom. The topological polar surface area (TPSA) is 41.6 Å². The molecule has 0 spiro atoms. The van der Waals surface area contributed by atoms with E-state index in [0.29, 0.717) is 13.2 Å². The normalized spacial score (nSPS) is 27.4. The highest BCUT2D eigenvalue weighted by atomic mass is 16.5. The van der Waals surface area contributed by atoms with Gasteiger partial charge in [-0.15, -0.1) is 0 Å². The molecule has 1 fully saturated rings. The lowest BCUT2D eigenvalue weighted by Crippen LogP contribution is -2.37. The third-order valence-electron chi connectivity index (χ3n) is 2.60. The molecule has 82 valence electrons. The van der Waals surface area contributed by atoms with Crippen LogP contribution < -0.4 is 5.32 Å². The number of amides is 1. The number of hydrogen-bond donors (Lipinski definition) is 1. The molecule has 0 aromatic carbocycles. The van der Waals surface area contributed by atoms with Gasteiger partial charge in [0.2, 0.25) is 5.91 Å². The summed E-state index contributed by atoms with van der Waals surface area (Å²) < 4.78 is 4.97. The van der Waals surface area contributed by atoms with Crippen LogP contribution in [0.1, 0.15) is 26.7 Å². The molecular weight excluding hydrogens is 180 g/mol. The number of nitrogens with one attached hydrogen (secondary N) is 1. The first kappa shape index (κ1) is 11.5. The average Bonchev–Trinajstić information content (AvgIpc) is 2.41. The van der Waals surface area contributed by atoms with Crippen LogP contribution in [0, 0.1) is 0 Å². The number of methoxy groups -OCH3 is 1. The van der Waals surface area contributed by atoms with Crippen LogP contribution in [0.3, 0.4) is 0 Å². The molecule has 0 aliphatic carbocycles. The van der Waals surface area contributed by atoms with Crippen molar-refractivity contribution in [2.75, 3.05) is 20.3 Å². The molecule has 1 amide bonds. The summed E-state index contributed by atoms with van der Waals surface area (Å²) >= 11 is 0. The van der Waals surface area contributed by atoms with Gasteiger partial charge in [-0.2, -0.15) is 0 Å². The van der Waals surface area contributed by atoms with Crippen LogP contribution in [0.25, 0.3) is 0 Å². The van der Waals surface area contributed by atoms with Crippen LogP contribution in [0.5, 0.6) is 0 Å². The molecule has 1 heterocycles. The first-order valence-electron chi connectivity index (χ1n) is 5.26. The van der Waals surface area contributed by atoms with Crippen LogP contribution in [-0.2, 0) is 9.53 Å². The summed E-state index contributed by atoms with van der Waals surface area (Å²) in [4.78, 5) is 13.7. The highest BCUT2D eigenvalue weighted by molar-refractivity contribution is 5.84. The SMILES string of the molecule is CCCC1NC(C)N(CCOC)C1=O. The van der Waals surface area contributed by atoms with Crippen LogP contribution in [-0.4, -0.2) is 43.3 Å². The number of hydrogen-bond acceptors (Lipinski definition) is 3. The Bertz CT molecular complexity index is 197. The van der Waals surface area contributed by atoms with Crippen molar-refractivity contribution in [3.63, 3.8) is 0 Å². The van der Waals surface area contributed by atoms with Gasteiger partial charge in [0.25, 0.3) is 0 Å². The third-order valence-corrected chi connectivity index (χ3v) is 2.60. The largest absolute Gasteiger partial charge is 0.383 e. The average molecular weight is 200 g/mol. The van der Waals surface area contributed by atoms with Gasteiger partial charge in [0.1, 0.15) is 0 Å². The van der Waals surface area contributed by atoms with Crippen molar-refractivity contribution in [1.29, 1.82) is 0 Å². The maximum absolute atomic E-state index is 11.8. The molecule has 4 nitrogen and oxygen atoms in total. The van der Waals surface area contributed by atoms with Crippen LogP contribution >= 0.6 is 0 Å². The molecular formula is C10H20N2O2. The predicted octanol–water partition coefficient (Wildman–Crippen LogP) is 0.579. The van der Waals surface area contributed by atoms with Crippen molar-refractivity contribution in [1.82, 2.24) is 10.2 Å². The zero-order valence-electron chi connectivity index (χ0n) is 9.25. The number of rotatable bonds is 5. The summed E-state index contributed by atoms with van der Waals surface area (Å²) in [7, 11) is 1.65. The number of carbonyl (C=O) groups is 1. The molecule has 2 unspecified atom stereocenters. The van der Waals surface area contributed by atoms with Gasteiger partial charge in [0.05, 0.1) is 18.8 Å². The van der Waals surface area contributed by atoms with Gasteiger partial charge in [0, 0.05) is 13.7 Å². The second-order valence-corrected chi connectivity index (χ2v) is 3.71. The van der Waals surface area contributed by atoms with Crippen molar-refractivity contribution in [2.45, 2.75) is 38.9 Å². The Labute approximate surface area is 85.6 Å². The molecule has 0 aromatic rings. The zero-order valence-corrected chi connectivity index (χ0v) is 9.25. The molecule has 1 aliphatic rings. The first-order valence-corrected chi connectivity index (χ1v) is 5.26. The van der Waals surface area contributed by atoms with E-state index in [9.17, 15) is 4.79 Å². The lowest BCUT2D eigenvalue weighted by Gasteiger charge is -2.19. The minimum Gasteiger partial charge on any atom is -0.383 e. The maximum Gasteiger partial charge on any atom is 0.241 e. The van der Waals surface area contributed by atoms with Crippen molar-refractivity contribution < 1.29 is 9.53 Å². The first-order chi connectivity index (χ1) is 6.70. The van der Waals surface area contributed by atoms with E-state index in [-0.39, 0.29) is 18.1 Å². The van der Waals surface area contributed by atoms with Gasteiger partial charge in [-0.25, -0.2) is 0 Å². The second-order valence-electron chi connectivity index (χ2n) is 3.71. The summed E-state index contributed by atoms with van der Waals surface area (Å²) in [6.45, 7) is 5.40. The molecule has 0 bridgehead atoms. The Morgan fingerprint density at radius 3 is 2.86 bits per heavy atom. The van der Waals surface area contributed by atoms with Gasteiger partial charge in [-0.1, -0.05) is 13.3 Å². The second kappa shape index (κ2) is 5.32. The summed E-state index contributed by atoms with van der Waals surface area (Å²) in [5.74, 6) is 0.219. The van der Waals surface area contributed by atoms with Crippen LogP contribution in [0.4, 0.5) is 0 Å². The minimum absolute atomic E-state index is 0.0202. The Hall–Kier alpha value is -0.610. The van der Waals surface area contributed by atoms with Crippen LogP contribution in [0.2, 0.25) is 0 Å². The summed E-state index contributed by atoms with van der Waals surface area (Å²) in [6, 6.07) is 0.0202. The summed E-state index contributed by atoms with van der Waals surface area (Å²) in [5.41, 5.74) is 0. The van der Waals surface area contributed by atoms with Crippen molar-refractivity contribution in [3.05, 3.63) is 0 Å². The molecule has 0 radical (unpaired) electrons. The highest BCUT2D eigenvalue weighted by Gasteiger charge is 2.34. The fourth-order valence-corrected chi connectivity index (χ4v) is 1.83. The number of carbonyl (C=O) groups excluding carboxylic acids is 1. The van der Waals surface area contributed by atoms with Gasteiger partial charge < -0.3 is 9.64 Å². The quantitative estimate of drug-likeness (QED) is 0.706. The number of ether oxygens (including phenoxy) is 1. The van der Waals surface area contributed by atoms with E-state index < -0.39 is 0 Å². The van der Waals surface area contributed by atoms with Crippen molar-refractivity contribution in [3.8, 4) is 0 Å². The van der Waals surface area contributed by atoms with E-state index in [1.165, 1.54) is 0 Å². The smallest absolute Gasteiger partial charge is 0.241 e. The fourth-order valence-electron chi connectivity index (χ4n) is 1.83. The lowest BCUT2D eigenvalue weighted by atomic mass is 10.2. The summed E-state index contributed by atoms with van der Waals surface area (Å²) in [6.07, 6.45) is 2.11. The highest BCUT2D eigenvalue weighted by Crippen LogP contribution is 2.13. The maximum atomic E-state index is 11.8. The minimum atomic E-state index is 0.0202. The molecule has 4 heteroatoms. The predicted molar refractivity (Wildman–Crippen MR) is 54.9 cm³/mol. The summed E-state index contributed by atoms with van der Waals surface area (Å²) in [5, 5.41) is 3.28. The standard InChI is InChI=1S/C10H20N2O2/c1-4-5-9-10(13)12(6-7-14-3)8(2)11-9/h8-9,11H,4-7H2,1-3H3. The zero-order chi connectivity index (χ0) is 10.6. The van der Waals surface area contributed by atoms with E-state index in [0.717, 1.165) is 12.8 Å². The molecule has 1 rings (SSSR count). The van der Waals surface area contributed by atoms with Gasteiger partial charge in [-0.05, 0) is 13.3 Å². The molecule has 0 aromatic heterocycles. The fraction of sp³-hybridized carbons (Fsp3) is 0.900. The molecule has 0 saturated carbocycles. The van der Waals surface area contributed by atoms with Gasteiger partial charge >= 0.3 is 0 Å². The Kier molecular flexibility index (Phi) is 4.35. The third kappa shape index (κ3) is 2.45. The van der Waals surface area contributed by atoms with E-state index in [1.54, 1.807) is 7.11 Å². The molecule has 1 aliphatic heterocycles. The van der Waals surface area contributed by atoms with Crippen LogP contribution in [0.15, 0.2) is 0 Å². The molecule has 1 N–H and O–H groups in total. The molecule has 1 saturated heterocycles. The van der Waals surface area contributed by atoms with E-state index in [2.05, 4.69) is 12.2 Å². The van der Waals surface area contributed by atoms with Gasteiger partial charge in [0.15, 0.2) is 0 Å². The van der Waals surface area contributed by atoms with E-state index >= 15 is 0 Å². The lowest BCUT2D eigenvalue weighted by molar-refractivity contribution is -0.130. The molecule has 14 heavy (non-hydrogen) atoms. The molecule has 2 atom stereocenters. The Morgan fingerprint density at radius 2 is 2.29 bits per heavy atom. The van der Waals surface area contributed by atoms with E-state index in [1.807, 2.05) is 11.8 Å². The van der Waals surface area contributed by atoms with Crippen molar-refractivity contribution >= 4 is 5.91 Å². The Balaban J connectivity index is 2.47. The monoisotopic (exact) mass is 200 g/mol. The van der Waals surface area contributed by atoms with E-state index in [4.69, 9.17) is 4.74 Å². The van der Waals surface area contributed by atoms with Crippen molar-refractivity contribution in [2.24, 2.45) is 0 Å². The van der Waals surface area contributed by atoms with Gasteiger partial charge in [-0.3, -0.25) is 10.1 Å².